The lowest BCUT2D eigenvalue weighted by Crippen LogP contribution is -2.54. The van der Waals surface area contributed by atoms with Crippen molar-refractivity contribution in [2.24, 2.45) is 0 Å². The molecule has 1 aliphatic rings. The molecule has 0 amide bonds. The maximum atomic E-state index is 13.2. The van der Waals surface area contributed by atoms with E-state index >= 15 is 0 Å². The summed E-state index contributed by atoms with van der Waals surface area (Å²) in [5, 5.41) is 9.47. The van der Waals surface area contributed by atoms with Gasteiger partial charge in [0, 0.05) is 22.3 Å². The molecule has 1 N–H and O–H groups in total. The van der Waals surface area contributed by atoms with E-state index in [2.05, 4.69) is 0 Å². The molecule has 3 rings (SSSR count). The molecule has 0 bridgehead atoms. The van der Waals surface area contributed by atoms with Crippen molar-refractivity contribution in [3.05, 3.63) is 59.7 Å². The number of hydrogen-bond donors (Lipinski definition) is 1. The van der Waals surface area contributed by atoms with Gasteiger partial charge in [-0.1, -0.05) is 43.3 Å². The highest BCUT2D eigenvalue weighted by Gasteiger charge is 2.71. The van der Waals surface area contributed by atoms with Gasteiger partial charge in [-0.15, -0.1) is 11.8 Å². The van der Waals surface area contributed by atoms with Gasteiger partial charge < -0.3 is 14.8 Å². The fourth-order valence-corrected chi connectivity index (χ4v) is 4.60. The quantitative estimate of drug-likeness (QED) is 0.512. The largest absolute Gasteiger partial charge is 0.430 e. The van der Waals surface area contributed by atoms with Gasteiger partial charge >= 0.3 is 12.4 Å². The van der Waals surface area contributed by atoms with Crippen molar-refractivity contribution in [1.82, 2.24) is 0 Å². The number of fused-ring (bicyclic) bond motifs is 1. The van der Waals surface area contributed by atoms with Gasteiger partial charge in [0.1, 0.15) is 12.3 Å². The first-order valence-electron chi connectivity index (χ1n) is 8.84. The zero-order chi connectivity index (χ0) is 22.3. The highest BCUT2D eigenvalue weighted by atomic mass is 32.2. The molecule has 10 heteroatoms. The smallest absolute Gasteiger partial charge is 0.369 e. The second-order valence-electron chi connectivity index (χ2n) is 6.96. The van der Waals surface area contributed by atoms with E-state index in [4.69, 9.17) is 0 Å². The molecule has 1 aliphatic heterocycles. The first-order valence-corrected chi connectivity index (χ1v) is 9.72. The van der Waals surface area contributed by atoms with Crippen LogP contribution in [0.15, 0.2) is 53.4 Å². The van der Waals surface area contributed by atoms with Crippen LogP contribution in [0, 0.1) is 0 Å². The van der Waals surface area contributed by atoms with E-state index < -0.39 is 29.6 Å². The highest BCUT2D eigenvalue weighted by Crippen LogP contribution is 2.52. The Balaban J connectivity index is 2.11. The van der Waals surface area contributed by atoms with Crippen LogP contribution >= 0.6 is 11.8 Å². The predicted octanol–water partition coefficient (Wildman–Crippen LogP) is 5.24. The molecule has 162 valence electrons. The van der Waals surface area contributed by atoms with E-state index in [-0.39, 0.29) is 10.1 Å². The Kier molecular flexibility index (Phi) is 5.85. The summed E-state index contributed by atoms with van der Waals surface area (Å²) in [6.45, 7) is 2.11. The second-order valence-corrected chi connectivity index (χ2v) is 8.44. The third-order valence-electron chi connectivity index (χ3n) is 4.90. The maximum absolute atomic E-state index is 13.2. The van der Waals surface area contributed by atoms with Crippen LogP contribution in [0.3, 0.4) is 0 Å². The van der Waals surface area contributed by atoms with Gasteiger partial charge in [-0.3, -0.25) is 0 Å². The number of carbonyl (C=O) groups excluding carboxylic acids is 1. The first kappa shape index (κ1) is 22.5. The Hall–Kier alpha value is -2.20. The number of rotatable bonds is 4. The van der Waals surface area contributed by atoms with Gasteiger partial charge in [0.15, 0.2) is 0 Å². The van der Waals surface area contributed by atoms with E-state index in [1.165, 1.54) is 0 Å². The lowest BCUT2D eigenvalue weighted by atomic mass is 9.91. The third kappa shape index (κ3) is 3.78. The Labute approximate surface area is 172 Å². The first-order chi connectivity index (χ1) is 13.9. The summed E-state index contributed by atoms with van der Waals surface area (Å²) in [6.07, 6.45) is -11.2. The molecule has 1 heterocycles. The van der Waals surface area contributed by atoms with E-state index in [0.29, 0.717) is 36.2 Å². The molecule has 30 heavy (non-hydrogen) atoms. The van der Waals surface area contributed by atoms with E-state index in [0.717, 1.165) is 17.8 Å². The normalized spacial score (nSPS) is 18.7. The molecular weight excluding hydrogens is 432 g/mol. The molecule has 2 unspecified atom stereocenters. The molecule has 2 atom stereocenters. The molecule has 3 nitrogen and oxygen atoms in total. The van der Waals surface area contributed by atoms with Gasteiger partial charge in [0.2, 0.25) is 0 Å². The molecule has 0 aromatic heterocycles. The van der Waals surface area contributed by atoms with Crippen molar-refractivity contribution in [2.45, 2.75) is 41.1 Å². The number of thioether (sulfide) groups is 1. The average Bonchev–Trinajstić information content (AvgIpc) is 2.66. The minimum atomic E-state index is -5.96. The predicted molar refractivity (Wildman–Crippen MR) is 100 cm³/mol. The van der Waals surface area contributed by atoms with Crippen LogP contribution in [-0.2, 0) is 10.4 Å². The summed E-state index contributed by atoms with van der Waals surface area (Å²) in [6, 6.07) is 10.3. The number of aliphatic hydroxyl groups is 1. The van der Waals surface area contributed by atoms with Crippen LogP contribution < -0.4 is 4.90 Å². The standard InChI is InChI=1S/C20H17F6NO2S/c1-12-10-27(16(11-28)13-5-3-2-4-6-13)15-8-7-14(9-17(15)30-12)18(29,19(21,22)23)20(24,25)26/h2-9,11-12,16,29H,10H2,1H3. The number of benzene rings is 2. The van der Waals surface area contributed by atoms with Crippen LogP contribution in [0.1, 0.15) is 24.1 Å². The van der Waals surface area contributed by atoms with Crippen molar-refractivity contribution >= 4 is 23.7 Å². The molecule has 0 aliphatic carbocycles. The van der Waals surface area contributed by atoms with Gasteiger partial charge in [0.25, 0.3) is 5.60 Å². The van der Waals surface area contributed by atoms with Crippen LogP contribution in [0.25, 0.3) is 0 Å². The number of anilines is 1. The summed E-state index contributed by atoms with van der Waals surface area (Å²) < 4.78 is 79.5. The highest BCUT2D eigenvalue weighted by molar-refractivity contribution is 8.00. The Morgan fingerprint density at radius 2 is 1.67 bits per heavy atom. The van der Waals surface area contributed by atoms with Crippen molar-refractivity contribution < 1.29 is 36.2 Å². The zero-order valence-corrected chi connectivity index (χ0v) is 16.4. The molecular formula is C20H17F6NO2S. The van der Waals surface area contributed by atoms with Crippen LogP contribution in [0.2, 0.25) is 0 Å². The second kappa shape index (κ2) is 7.81. The number of nitrogens with zero attached hydrogens (tertiary/aromatic N) is 1. The lowest BCUT2D eigenvalue weighted by molar-refractivity contribution is -0.376. The molecule has 2 aromatic rings. The minimum Gasteiger partial charge on any atom is -0.369 e. The molecule has 0 saturated carbocycles. The van der Waals surface area contributed by atoms with Crippen LogP contribution in [0.5, 0.6) is 0 Å². The maximum Gasteiger partial charge on any atom is 0.430 e. The SMILES string of the molecule is CC1CN(C(C=O)c2ccccc2)c2ccc(C(O)(C(F)(F)F)C(F)(F)F)cc2S1. The molecule has 0 spiro atoms. The van der Waals surface area contributed by atoms with Gasteiger partial charge in [-0.25, -0.2) is 0 Å². The Bertz CT molecular complexity index is 902. The van der Waals surface area contributed by atoms with Crippen molar-refractivity contribution in [2.75, 3.05) is 11.4 Å². The summed E-state index contributed by atoms with van der Waals surface area (Å²) in [5.41, 5.74) is -5.34. The monoisotopic (exact) mass is 449 g/mol. The van der Waals surface area contributed by atoms with Crippen molar-refractivity contribution in [3.63, 3.8) is 0 Å². The van der Waals surface area contributed by atoms with E-state index in [9.17, 15) is 36.2 Å². The average molecular weight is 449 g/mol. The third-order valence-corrected chi connectivity index (χ3v) is 6.03. The topological polar surface area (TPSA) is 40.5 Å². The van der Waals surface area contributed by atoms with Gasteiger partial charge in [-0.2, -0.15) is 26.3 Å². The summed E-state index contributed by atoms with van der Waals surface area (Å²) in [7, 11) is 0. The Morgan fingerprint density at radius 1 is 1.07 bits per heavy atom. The minimum absolute atomic E-state index is 0.126. The summed E-state index contributed by atoms with van der Waals surface area (Å²) in [4.78, 5) is 13.6. The van der Waals surface area contributed by atoms with E-state index in [1.54, 1.807) is 42.2 Å². The summed E-state index contributed by atoms with van der Waals surface area (Å²) >= 11 is 1.09. The van der Waals surface area contributed by atoms with Gasteiger partial charge in [0.05, 0.1) is 5.69 Å². The number of hydrogen-bond acceptors (Lipinski definition) is 4. The van der Waals surface area contributed by atoms with Crippen molar-refractivity contribution in [3.8, 4) is 0 Å². The van der Waals surface area contributed by atoms with Crippen molar-refractivity contribution in [1.29, 1.82) is 0 Å². The Morgan fingerprint density at radius 3 is 2.20 bits per heavy atom. The molecule has 2 aromatic carbocycles. The fourth-order valence-electron chi connectivity index (χ4n) is 3.43. The van der Waals surface area contributed by atoms with Gasteiger partial charge in [-0.05, 0) is 17.7 Å². The number of alkyl halides is 6. The number of carbonyl (C=O) groups is 1. The number of aldehydes is 1. The van der Waals surface area contributed by atoms with Crippen LogP contribution in [-0.4, -0.2) is 35.5 Å². The zero-order valence-electron chi connectivity index (χ0n) is 15.5. The van der Waals surface area contributed by atoms with E-state index in [1.807, 2.05) is 0 Å². The number of halogens is 6. The van der Waals surface area contributed by atoms with Crippen LogP contribution in [0.4, 0.5) is 32.0 Å². The summed E-state index contributed by atoms with van der Waals surface area (Å²) in [5.74, 6) is 0. The fraction of sp³-hybridized carbons (Fsp3) is 0.350. The molecule has 0 saturated heterocycles. The molecule has 0 fully saturated rings. The lowest BCUT2D eigenvalue weighted by Gasteiger charge is -2.39. The molecule has 0 radical (unpaired) electrons.